The van der Waals surface area contributed by atoms with E-state index in [1.807, 2.05) is 0 Å². The van der Waals surface area contributed by atoms with E-state index < -0.39 is 18.5 Å². The van der Waals surface area contributed by atoms with Gasteiger partial charge in [-0.25, -0.2) is 14.4 Å². The van der Waals surface area contributed by atoms with E-state index in [-0.39, 0.29) is 11.8 Å². The average molecular weight is 409 g/mol. The highest BCUT2D eigenvalue weighted by Gasteiger charge is 2.38. The average Bonchev–Trinajstić information content (AvgIpc) is 3.27. The van der Waals surface area contributed by atoms with Crippen molar-refractivity contribution in [1.29, 1.82) is 0 Å². The molecule has 2 N–H and O–H groups in total. The first kappa shape index (κ1) is 19.4. The first-order chi connectivity index (χ1) is 13.8. The second kappa shape index (κ2) is 7.51. The molecule has 3 aromatic heterocycles. The van der Waals surface area contributed by atoms with Crippen LogP contribution in [-0.4, -0.2) is 52.0 Å². The van der Waals surface area contributed by atoms with Crippen molar-refractivity contribution in [3.8, 4) is 17.1 Å². The summed E-state index contributed by atoms with van der Waals surface area (Å²) in [6.45, 7) is 1.77. The van der Waals surface area contributed by atoms with Crippen molar-refractivity contribution < 1.29 is 22.3 Å². The van der Waals surface area contributed by atoms with Crippen molar-refractivity contribution in [3.05, 3.63) is 42.7 Å². The normalized spacial score (nSPS) is 20.7. The highest BCUT2D eigenvalue weighted by molar-refractivity contribution is 5.63. The number of rotatable bonds is 5. The summed E-state index contributed by atoms with van der Waals surface area (Å²) < 4.78 is 58.6. The smallest absolute Gasteiger partial charge is 0.425 e. The molecular weight excluding hydrogens is 390 g/mol. The third kappa shape index (κ3) is 4.12. The Balaban J connectivity index is 1.57. The van der Waals surface area contributed by atoms with Crippen LogP contribution < -0.4 is 15.4 Å². The molecule has 6 nitrogen and oxygen atoms in total. The monoisotopic (exact) mass is 409 g/mol. The first-order valence-electron chi connectivity index (χ1n) is 9.10. The maximum absolute atomic E-state index is 13.8. The maximum atomic E-state index is 13.8. The number of fused-ring (bicyclic) bond motifs is 1. The number of alkyl halides is 4. The van der Waals surface area contributed by atoms with Crippen LogP contribution in [-0.2, 0) is 0 Å². The number of imidazole rings is 1. The Morgan fingerprint density at radius 3 is 2.83 bits per heavy atom. The van der Waals surface area contributed by atoms with Gasteiger partial charge in [0.1, 0.15) is 23.4 Å². The van der Waals surface area contributed by atoms with Gasteiger partial charge in [-0.3, -0.25) is 4.40 Å². The Morgan fingerprint density at radius 2 is 2.10 bits per heavy atom. The van der Waals surface area contributed by atoms with Gasteiger partial charge in [-0.2, -0.15) is 13.2 Å². The number of pyridine rings is 2. The van der Waals surface area contributed by atoms with Gasteiger partial charge in [-0.1, -0.05) is 6.07 Å². The molecule has 29 heavy (non-hydrogen) atoms. The predicted molar refractivity (Wildman–Crippen MR) is 99.7 cm³/mol. The lowest BCUT2D eigenvalue weighted by Gasteiger charge is -2.17. The second-order valence-electron chi connectivity index (χ2n) is 6.87. The molecule has 1 fully saturated rings. The van der Waals surface area contributed by atoms with Crippen molar-refractivity contribution in [2.24, 2.45) is 0 Å². The van der Waals surface area contributed by atoms with Gasteiger partial charge in [-0.15, -0.1) is 0 Å². The van der Waals surface area contributed by atoms with Gasteiger partial charge in [-0.05, 0) is 25.1 Å². The van der Waals surface area contributed by atoms with Crippen LogP contribution >= 0.6 is 0 Å². The second-order valence-corrected chi connectivity index (χ2v) is 6.87. The van der Waals surface area contributed by atoms with E-state index >= 15 is 0 Å². The fraction of sp³-hybridized carbons (Fsp3) is 0.368. The van der Waals surface area contributed by atoms with E-state index in [9.17, 15) is 17.6 Å². The number of hydrogen-bond acceptors (Lipinski definition) is 5. The Bertz CT molecular complexity index is 1010. The highest BCUT2D eigenvalue weighted by atomic mass is 19.4. The van der Waals surface area contributed by atoms with Crippen molar-refractivity contribution in [1.82, 2.24) is 19.7 Å². The fourth-order valence-electron chi connectivity index (χ4n) is 3.13. The van der Waals surface area contributed by atoms with E-state index in [1.54, 1.807) is 35.0 Å². The highest BCUT2D eigenvalue weighted by Crippen LogP contribution is 2.27. The number of nitrogens with zero attached hydrogens (tertiary/aromatic N) is 3. The summed E-state index contributed by atoms with van der Waals surface area (Å²) >= 11 is 0. The number of nitrogens with one attached hydrogen (secondary N) is 2. The molecule has 1 aliphatic heterocycles. The van der Waals surface area contributed by atoms with E-state index in [0.717, 1.165) is 6.92 Å². The van der Waals surface area contributed by atoms with Crippen molar-refractivity contribution >= 4 is 11.5 Å². The van der Waals surface area contributed by atoms with Gasteiger partial charge < -0.3 is 15.4 Å². The molecule has 3 unspecified atom stereocenters. The maximum Gasteiger partial charge on any atom is 0.425 e. The zero-order valence-electron chi connectivity index (χ0n) is 15.4. The van der Waals surface area contributed by atoms with Gasteiger partial charge in [0.25, 0.3) is 0 Å². The topological polar surface area (TPSA) is 63.5 Å². The minimum absolute atomic E-state index is 0.0746. The van der Waals surface area contributed by atoms with Crippen LogP contribution in [0.1, 0.15) is 6.92 Å². The van der Waals surface area contributed by atoms with Gasteiger partial charge in [0.05, 0.1) is 23.6 Å². The molecule has 0 aliphatic carbocycles. The van der Waals surface area contributed by atoms with Crippen molar-refractivity contribution in [2.75, 3.05) is 18.4 Å². The molecule has 0 aromatic carbocycles. The Morgan fingerprint density at radius 1 is 1.28 bits per heavy atom. The fourth-order valence-corrected chi connectivity index (χ4v) is 3.13. The van der Waals surface area contributed by atoms with E-state index in [2.05, 4.69) is 20.6 Å². The molecule has 154 valence electrons. The molecule has 3 atom stereocenters. The standard InChI is InChI=1S/C19H19F4N5O/c1-11(19(21,22)23)29-12-5-6-28-16(10-25-18(28)7-12)14-3-2-4-17(26-14)27-15-9-24-8-13(15)20/h2-7,10-11,13,15,24H,8-9H2,1H3,(H,26,27). The van der Waals surface area contributed by atoms with E-state index in [1.165, 1.54) is 12.1 Å². The van der Waals surface area contributed by atoms with Crippen molar-refractivity contribution in [3.63, 3.8) is 0 Å². The zero-order chi connectivity index (χ0) is 20.6. The quantitative estimate of drug-likeness (QED) is 0.632. The molecule has 1 saturated heterocycles. The van der Waals surface area contributed by atoms with Crippen LogP contribution in [0, 0.1) is 0 Å². The molecule has 0 radical (unpaired) electrons. The largest absolute Gasteiger partial charge is 0.481 e. The summed E-state index contributed by atoms with van der Waals surface area (Å²) in [6.07, 6.45) is -4.21. The lowest BCUT2D eigenvalue weighted by molar-refractivity contribution is -0.189. The van der Waals surface area contributed by atoms with Gasteiger partial charge in [0, 0.05) is 25.4 Å². The third-order valence-corrected chi connectivity index (χ3v) is 4.74. The summed E-state index contributed by atoms with van der Waals surface area (Å²) in [6, 6.07) is 7.86. The molecule has 0 amide bonds. The van der Waals surface area contributed by atoms with Crippen LogP contribution in [0.2, 0.25) is 0 Å². The van der Waals surface area contributed by atoms with Gasteiger partial charge in [0.15, 0.2) is 6.10 Å². The van der Waals surface area contributed by atoms with Crippen LogP contribution in [0.15, 0.2) is 42.7 Å². The molecule has 0 saturated carbocycles. The molecule has 0 bridgehead atoms. The molecule has 0 spiro atoms. The minimum Gasteiger partial charge on any atom is -0.481 e. The van der Waals surface area contributed by atoms with E-state index in [4.69, 9.17) is 4.74 Å². The Labute approximate surface area is 163 Å². The number of ether oxygens (including phenoxy) is 1. The van der Waals surface area contributed by atoms with Gasteiger partial charge in [0.2, 0.25) is 0 Å². The molecule has 3 aromatic rings. The summed E-state index contributed by atoms with van der Waals surface area (Å²) in [4.78, 5) is 8.76. The lowest BCUT2D eigenvalue weighted by atomic mass is 10.2. The van der Waals surface area contributed by atoms with Crippen LogP contribution in [0.25, 0.3) is 17.0 Å². The lowest BCUT2D eigenvalue weighted by Crippen LogP contribution is -2.31. The first-order valence-corrected chi connectivity index (χ1v) is 9.10. The Hall–Kier alpha value is -2.88. The SMILES string of the molecule is CC(Oc1ccn2c(-c3cccc(NC4CNCC4F)n3)cnc2c1)C(F)(F)F. The molecular formula is C19H19F4N5O. The molecule has 1 aliphatic rings. The van der Waals surface area contributed by atoms with Crippen LogP contribution in [0.4, 0.5) is 23.4 Å². The van der Waals surface area contributed by atoms with Crippen LogP contribution in [0.5, 0.6) is 5.75 Å². The summed E-state index contributed by atoms with van der Waals surface area (Å²) in [5, 5.41) is 6.06. The molecule has 10 heteroatoms. The summed E-state index contributed by atoms with van der Waals surface area (Å²) in [7, 11) is 0. The number of hydrogen-bond donors (Lipinski definition) is 2. The predicted octanol–water partition coefficient (Wildman–Crippen LogP) is 3.45. The number of aromatic nitrogens is 3. The van der Waals surface area contributed by atoms with E-state index in [0.29, 0.717) is 35.9 Å². The number of anilines is 1. The summed E-state index contributed by atoms with van der Waals surface area (Å²) in [5.41, 5.74) is 1.68. The Kier molecular flexibility index (Phi) is 5.03. The van der Waals surface area contributed by atoms with Crippen LogP contribution in [0.3, 0.4) is 0 Å². The van der Waals surface area contributed by atoms with Gasteiger partial charge >= 0.3 is 6.18 Å². The summed E-state index contributed by atoms with van der Waals surface area (Å²) in [5.74, 6) is 0.610. The molecule has 4 heterocycles. The molecule has 4 rings (SSSR count). The van der Waals surface area contributed by atoms with Crippen molar-refractivity contribution in [2.45, 2.75) is 31.4 Å². The zero-order valence-corrected chi connectivity index (χ0v) is 15.4. The minimum atomic E-state index is -4.45. The number of halogens is 4. The third-order valence-electron chi connectivity index (χ3n) is 4.74.